The number of aliphatic hydroxyl groups is 1. The van der Waals surface area contributed by atoms with Crippen LogP contribution in [-0.4, -0.2) is 47.8 Å². The maximum atomic E-state index is 14.0. The van der Waals surface area contributed by atoms with Gasteiger partial charge in [-0.1, -0.05) is 72.3 Å². The lowest BCUT2D eigenvalue weighted by Crippen LogP contribution is -2.31. The summed E-state index contributed by atoms with van der Waals surface area (Å²) in [5.41, 5.74) is 7.42. The van der Waals surface area contributed by atoms with Gasteiger partial charge >= 0.3 is 0 Å². The minimum Gasteiger partial charge on any atom is -0.390 e. The van der Waals surface area contributed by atoms with Gasteiger partial charge in [0.1, 0.15) is 0 Å². The number of hydrogen-bond acceptors (Lipinski definition) is 5. The first-order valence-corrected chi connectivity index (χ1v) is 18.7. The molecule has 1 unspecified atom stereocenters. The van der Waals surface area contributed by atoms with E-state index in [9.17, 15) is 23.1 Å². The Morgan fingerprint density at radius 1 is 0.940 bits per heavy atom. The Morgan fingerprint density at radius 2 is 1.60 bits per heavy atom. The molecule has 4 N–H and O–H groups in total. The Kier molecular flexibility index (Phi) is 11.6. The highest BCUT2D eigenvalue weighted by molar-refractivity contribution is 7.85. The number of amides is 2. The van der Waals surface area contributed by atoms with E-state index in [1.54, 1.807) is 24.3 Å². The molecule has 2 amide bonds. The third-order valence-corrected chi connectivity index (χ3v) is 10.3. The maximum Gasteiger partial charge on any atom is 0.266 e. The summed E-state index contributed by atoms with van der Waals surface area (Å²) in [6.07, 6.45) is 5.18. The van der Waals surface area contributed by atoms with Gasteiger partial charge in [-0.3, -0.25) is 14.1 Å². The van der Waals surface area contributed by atoms with Crippen molar-refractivity contribution in [2.75, 3.05) is 17.6 Å². The molecule has 0 heterocycles. The Bertz CT molecular complexity index is 1970. The maximum absolute atomic E-state index is 14.0. The minimum absolute atomic E-state index is 0.176. The van der Waals surface area contributed by atoms with Gasteiger partial charge in [0.2, 0.25) is 5.91 Å². The number of rotatable bonds is 12. The topological polar surface area (TPSA) is 133 Å². The number of anilines is 1. The molecule has 0 aromatic heterocycles. The number of hydrogen-bond donors (Lipinski definition) is 4. The minimum atomic E-state index is -4.18. The van der Waals surface area contributed by atoms with E-state index < -0.39 is 33.3 Å². The van der Waals surface area contributed by atoms with Crippen molar-refractivity contribution in [1.29, 1.82) is 0 Å². The standard InChI is InChI=1S/C40H43ClN2O6S/c1-26-24-34(41)18-21-36(26)30-14-19-35(20-15-30)43-39(45)37(25-27-4-6-32(7-5-27)38(44)42-22-23-50(47,48)49)31-10-8-28(9-11-31)29-12-16-33(17-13-29)40(2,3)46/h4-12,14-15,18-21,24,33,37,46H,13,16-17,22-23,25H2,1-3H3,(H,42,44)(H,43,45)(H,47,48,49)/t33?,37-/m1/s1. The van der Waals surface area contributed by atoms with E-state index in [1.165, 1.54) is 5.57 Å². The third kappa shape index (κ3) is 9.91. The fraction of sp³-hybridized carbons (Fsp3) is 0.300. The lowest BCUT2D eigenvalue weighted by atomic mass is 9.78. The molecule has 0 radical (unpaired) electrons. The van der Waals surface area contributed by atoms with E-state index >= 15 is 0 Å². The fourth-order valence-corrected chi connectivity index (χ4v) is 6.95. The highest BCUT2D eigenvalue weighted by Crippen LogP contribution is 2.36. The van der Waals surface area contributed by atoms with E-state index in [-0.39, 0.29) is 18.4 Å². The van der Waals surface area contributed by atoms with Crippen molar-refractivity contribution < 1.29 is 27.7 Å². The number of allylic oxidation sites excluding steroid dienone is 2. The molecule has 50 heavy (non-hydrogen) atoms. The summed E-state index contributed by atoms with van der Waals surface area (Å²) >= 11 is 6.14. The molecular weight excluding hydrogens is 672 g/mol. The summed E-state index contributed by atoms with van der Waals surface area (Å²) < 4.78 is 30.9. The van der Waals surface area contributed by atoms with Crippen molar-refractivity contribution in [2.45, 2.75) is 58.0 Å². The third-order valence-electron chi connectivity index (χ3n) is 9.36. The summed E-state index contributed by atoms with van der Waals surface area (Å²) in [6.45, 7) is 5.52. The molecule has 1 aliphatic rings. The van der Waals surface area contributed by atoms with Crippen molar-refractivity contribution in [3.05, 3.63) is 130 Å². The summed E-state index contributed by atoms with van der Waals surface area (Å²) in [5.74, 6) is -1.54. The molecule has 5 rings (SSSR count). The first kappa shape index (κ1) is 37.0. The molecule has 10 heteroatoms. The van der Waals surface area contributed by atoms with Crippen molar-refractivity contribution in [1.82, 2.24) is 5.32 Å². The number of benzene rings is 4. The lowest BCUT2D eigenvalue weighted by Gasteiger charge is -2.32. The Morgan fingerprint density at radius 3 is 2.18 bits per heavy atom. The molecule has 8 nitrogen and oxygen atoms in total. The molecule has 262 valence electrons. The average Bonchev–Trinajstić information content (AvgIpc) is 3.07. The number of aryl methyl sites for hydroxylation is 1. The first-order valence-electron chi connectivity index (χ1n) is 16.7. The predicted octanol–water partition coefficient (Wildman–Crippen LogP) is 7.85. The molecule has 0 saturated heterocycles. The normalized spacial score (nSPS) is 15.6. The van der Waals surface area contributed by atoms with Gasteiger partial charge in [0.25, 0.3) is 16.0 Å². The molecule has 0 bridgehead atoms. The summed E-state index contributed by atoms with van der Waals surface area (Å²) in [5, 5.41) is 16.7. The summed E-state index contributed by atoms with van der Waals surface area (Å²) in [4.78, 5) is 26.5. The van der Waals surface area contributed by atoms with Crippen molar-refractivity contribution in [2.24, 2.45) is 5.92 Å². The van der Waals surface area contributed by atoms with E-state index in [0.717, 1.165) is 52.6 Å². The van der Waals surface area contributed by atoms with Crippen LogP contribution in [0.15, 0.2) is 97.1 Å². The van der Waals surface area contributed by atoms with Crippen LogP contribution in [0.1, 0.15) is 71.6 Å². The van der Waals surface area contributed by atoms with Crippen LogP contribution in [0.2, 0.25) is 5.02 Å². The molecule has 4 aromatic rings. The van der Waals surface area contributed by atoms with Crippen LogP contribution in [-0.2, 0) is 21.3 Å². The molecule has 2 atom stereocenters. The monoisotopic (exact) mass is 714 g/mol. The van der Waals surface area contributed by atoms with Crippen LogP contribution in [0.25, 0.3) is 16.7 Å². The van der Waals surface area contributed by atoms with Gasteiger partial charge in [0.05, 0.1) is 17.3 Å². The summed E-state index contributed by atoms with van der Waals surface area (Å²) in [6, 6.07) is 28.4. The molecular formula is C40H43ClN2O6S. The number of carbonyl (C=O) groups is 2. The van der Waals surface area contributed by atoms with Crippen LogP contribution in [0.5, 0.6) is 0 Å². The second-order valence-electron chi connectivity index (χ2n) is 13.5. The van der Waals surface area contributed by atoms with Gasteiger partial charge in [-0.15, -0.1) is 0 Å². The van der Waals surface area contributed by atoms with E-state index in [2.05, 4.69) is 28.8 Å². The highest BCUT2D eigenvalue weighted by atomic mass is 35.5. The molecule has 4 aromatic carbocycles. The quantitative estimate of drug-likeness (QED) is 0.111. The zero-order valence-corrected chi connectivity index (χ0v) is 30.0. The van der Waals surface area contributed by atoms with Gasteiger partial charge in [0.15, 0.2) is 0 Å². The zero-order chi connectivity index (χ0) is 36.1. The fourth-order valence-electron chi connectivity index (χ4n) is 6.37. The Labute approximate surface area is 299 Å². The number of nitrogens with one attached hydrogen (secondary N) is 2. The second kappa shape index (κ2) is 15.7. The largest absolute Gasteiger partial charge is 0.390 e. The highest BCUT2D eigenvalue weighted by Gasteiger charge is 2.28. The van der Waals surface area contributed by atoms with Crippen LogP contribution in [0.4, 0.5) is 5.69 Å². The van der Waals surface area contributed by atoms with Crippen LogP contribution >= 0.6 is 11.6 Å². The van der Waals surface area contributed by atoms with Gasteiger partial charge in [-0.05, 0) is 128 Å². The van der Waals surface area contributed by atoms with Gasteiger partial charge in [0, 0.05) is 22.8 Å². The van der Waals surface area contributed by atoms with Crippen molar-refractivity contribution >= 4 is 44.8 Å². The predicted molar refractivity (Wildman–Crippen MR) is 200 cm³/mol. The molecule has 0 fully saturated rings. The van der Waals surface area contributed by atoms with Crippen molar-refractivity contribution in [3.63, 3.8) is 0 Å². The number of carbonyl (C=O) groups excluding carboxylic acids is 2. The van der Waals surface area contributed by atoms with E-state index in [0.29, 0.717) is 22.7 Å². The lowest BCUT2D eigenvalue weighted by molar-refractivity contribution is -0.117. The van der Waals surface area contributed by atoms with Crippen molar-refractivity contribution in [3.8, 4) is 11.1 Å². The first-order chi connectivity index (χ1) is 23.7. The van der Waals surface area contributed by atoms with Gasteiger partial charge in [-0.25, -0.2) is 0 Å². The molecule has 0 aliphatic heterocycles. The van der Waals surface area contributed by atoms with Crippen LogP contribution in [0.3, 0.4) is 0 Å². The SMILES string of the molecule is Cc1cc(Cl)ccc1-c1ccc(NC(=O)[C@H](Cc2ccc(C(=O)NCCS(=O)(=O)O)cc2)c2ccc(C3=CCC(C(C)(C)O)CC3)cc2)cc1. The van der Waals surface area contributed by atoms with Crippen LogP contribution < -0.4 is 10.6 Å². The van der Waals surface area contributed by atoms with E-state index in [4.69, 9.17) is 16.2 Å². The van der Waals surface area contributed by atoms with Gasteiger partial charge in [-0.2, -0.15) is 8.42 Å². The molecule has 1 aliphatic carbocycles. The Hall–Kier alpha value is -4.28. The average molecular weight is 715 g/mol. The van der Waals surface area contributed by atoms with Crippen LogP contribution in [0, 0.1) is 12.8 Å². The summed E-state index contributed by atoms with van der Waals surface area (Å²) in [7, 11) is -4.18. The molecule has 0 saturated carbocycles. The van der Waals surface area contributed by atoms with E-state index in [1.807, 2.05) is 75.4 Å². The second-order valence-corrected chi connectivity index (χ2v) is 15.5. The Balaban J connectivity index is 1.35. The molecule has 0 spiro atoms. The van der Waals surface area contributed by atoms with Gasteiger partial charge < -0.3 is 15.7 Å². The number of halogens is 1. The smallest absolute Gasteiger partial charge is 0.266 e. The zero-order valence-electron chi connectivity index (χ0n) is 28.4.